The number of hydrogen-bond acceptors (Lipinski definition) is 4. The molecule has 1 N–H and O–H groups in total. The van der Waals surface area contributed by atoms with Crippen molar-refractivity contribution in [2.75, 3.05) is 0 Å². The summed E-state index contributed by atoms with van der Waals surface area (Å²) in [7, 11) is 0. The van der Waals surface area contributed by atoms with E-state index in [1.54, 1.807) is 24.0 Å². The molecular formula is C14H11ClN4O2. The average molecular weight is 303 g/mol. The van der Waals surface area contributed by atoms with Crippen LogP contribution in [0.25, 0.3) is 11.0 Å². The molecule has 0 aliphatic carbocycles. The summed E-state index contributed by atoms with van der Waals surface area (Å²) in [4.78, 5) is 19.4. The van der Waals surface area contributed by atoms with Gasteiger partial charge in [0, 0.05) is 18.6 Å². The van der Waals surface area contributed by atoms with Crippen molar-refractivity contribution < 1.29 is 9.90 Å². The molecule has 0 amide bonds. The molecule has 0 fully saturated rings. The first-order chi connectivity index (χ1) is 10.1. The monoisotopic (exact) mass is 302 g/mol. The minimum atomic E-state index is -1.10. The molecule has 0 aliphatic heterocycles. The van der Waals surface area contributed by atoms with Crippen molar-refractivity contribution >= 4 is 28.6 Å². The van der Waals surface area contributed by atoms with Crippen molar-refractivity contribution in [1.82, 2.24) is 19.7 Å². The van der Waals surface area contributed by atoms with Gasteiger partial charge in [-0.1, -0.05) is 17.7 Å². The third kappa shape index (κ3) is 2.34. The largest absolute Gasteiger partial charge is 0.478 e. The predicted octanol–water partition coefficient (Wildman–Crippen LogP) is 2.53. The molecule has 0 saturated heterocycles. The summed E-state index contributed by atoms with van der Waals surface area (Å²) in [6.07, 6.45) is 4.70. The van der Waals surface area contributed by atoms with Crippen LogP contribution in [-0.2, 0) is 6.54 Å². The lowest BCUT2D eigenvalue weighted by Crippen LogP contribution is -2.04. The Labute approximate surface area is 125 Å². The van der Waals surface area contributed by atoms with Crippen LogP contribution in [0.5, 0.6) is 0 Å². The number of hydrogen-bond donors (Lipinski definition) is 1. The van der Waals surface area contributed by atoms with Crippen LogP contribution >= 0.6 is 11.6 Å². The van der Waals surface area contributed by atoms with E-state index in [4.69, 9.17) is 16.7 Å². The number of carboxylic acid groups (broad SMARTS) is 1. The Hall–Kier alpha value is -2.47. The van der Waals surface area contributed by atoms with Gasteiger partial charge in [0.15, 0.2) is 5.65 Å². The van der Waals surface area contributed by atoms with Gasteiger partial charge in [-0.25, -0.2) is 14.5 Å². The van der Waals surface area contributed by atoms with Gasteiger partial charge >= 0.3 is 5.97 Å². The number of pyridine rings is 2. The van der Waals surface area contributed by atoms with Gasteiger partial charge in [0.1, 0.15) is 0 Å². The summed E-state index contributed by atoms with van der Waals surface area (Å²) < 4.78 is 1.69. The van der Waals surface area contributed by atoms with E-state index in [1.165, 1.54) is 6.20 Å². The zero-order valence-electron chi connectivity index (χ0n) is 11.1. The fraction of sp³-hybridized carbons (Fsp3) is 0.143. The van der Waals surface area contributed by atoms with Crippen molar-refractivity contribution in [2.24, 2.45) is 0 Å². The van der Waals surface area contributed by atoms with Gasteiger partial charge in [-0.05, 0) is 18.6 Å². The molecule has 0 aromatic carbocycles. The fourth-order valence-electron chi connectivity index (χ4n) is 2.20. The summed E-state index contributed by atoms with van der Waals surface area (Å²) in [5, 5.41) is 14.2. The normalized spacial score (nSPS) is 11.0. The van der Waals surface area contributed by atoms with Crippen molar-refractivity contribution in [3.63, 3.8) is 0 Å². The summed E-state index contributed by atoms with van der Waals surface area (Å²) in [6, 6.07) is 3.78. The molecule has 0 spiro atoms. The van der Waals surface area contributed by atoms with E-state index in [1.807, 2.05) is 12.1 Å². The van der Waals surface area contributed by atoms with Crippen molar-refractivity contribution in [3.8, 4) is 0 Å². The predicted molar refractivity (Wildman–Crippen MR) is 77.6 cm³/mol. The third-order valence-electron chi connectivity index (χ3n) is 3.16. The molecule has 3 rings (SSSR count). The molecule has 6 nitrogen and oxygen atoms in total. The molecule has 0 atom stereocenters. The van der Waals surface area contributed by atoms with Crippen LogP contribution < -0.4 is 0 Å². The molecule has 0 unspecified atom stereocenters. The molecule has 21 heavy (non-hydrogen) atoms. The smallest absolute Gasteiger partial charge is 0.338 e. The number of nitrogens with zero attached hydrogens (tertiary/aromatic N) is 4. The van der Waals surface area contributed by atoms with Crippen LogP contribution in [0.15, 0.2) is 30.7 Å². The standard InChI is InChI=1S/C14H11ClN4O2/c1-8-11-12(15)10(14(20)21)6-17-13(11)19(18-8)7-9-3-2-4-16-5-9/h2-6H,7H2,1H3,(H,20,21). The Morgan fingerprint density at radius 2 is 2.24 bits per heavy atom. The second-order valence-electron chi connectivity index (χ2n) is 4.59. The average Bonchev–Trinajstić information content (AvgIpc) is 2.77. The molecule has 7 heteroatoms. The van der Waals surface area contributed by atoms with E-state index in [2.05, 4.69) is 15.1 Å². The van der Waals surface area contributed by atoms with Crippen LogP contribution in [0.1, 0.15) is 21.6 Å². The number of halogens is 1. The lowest BCUT2D eigenvalue weighted by molar-refractivity contribution is 0.0697. The maximum atomic E-state index is 11.1. The van der Waals surface area contributed by atoms with E-state index in [0.29, 0.717) is 23.3 Å². The Bertz CT molecular complexity index is 830. The fourth-order valence-corrected chi connectivity index (χ4v) is 2.55. The summed E-state index contributed by atoms with van der Waals surface area (Å²) >= 11 is 6.17. The summed E-state index contributed by atoms with van der Waals surface area (Å²) in [5.41, 5.74) is 2.16. The van der Waals surface area contributed by atoms with Crippen LogP contribution in [0.3, 0.4) is 0 Å². The SMILES string of the molecule is Cc1nn(Cc2cccnc2)c2ncc(C(=O)O)c(Cl)c12. The first-order valence-electron chi connectivity index (χ1n) is 6.21. The van der Waals surface area contributed by atoms with Crippen molar-refractivity contribution in [2.45, 2.75) is 13.5 Å². The third-order valence-corrected chi connectivity index (χ3v) is 3.55. The second-order valence-corrected chi connectivity index (χ2v) is 4.97. The van der Waals surface area contributed by atoms with E-state index >= 15 is 0 Å². The van der Waals surface area contributed by atoms with E-state index < -0.39 is 5.97 Å². The minimum absolute atomic E-state index is 0.0202. The molecule has 106 valence electrons. The van der Waals surface area contributed by atoms with Crippen LogP contribution in [-0.4, -0.2) is 30.8 Å². The highest BCUT2D eigenvalue weighted by Gasteiger charge is 2.18. The second kappa shape index (κ2) is 5.14. The summed E-state index contributed by atoms with van der Waals surface area (Å²) in [6.45, 7) is 2.27. The zero-order valence-corrected chi connectivity index (χ0v) is 11.9. The quantitative estimate of drug-likeness (QED) is 0.804. The number of aromatic carboxylic acids is 1. The molecule has 0 bridgehead atoms. The Kier molecular flexibility index (Phi) is 3.31. The maximum absolute atomic E-state index is 11.1. The lowest BCUT2D eigenvalue weighted by atomic mass is 10.2. The first kappa shape index (κ1) is 13.5. The Morgan fingerprint density at radius 3 is 2.90 bits per heavy atom. The van der Waals surface area contributed by atoms with Crippen LogP contribution in [0.4, 0.5) is 0 Å². The number of carbonyl (C=O) groups is 1. The number of aryl methyl sites for hydroxylation is 1. The van der Waals surface area contributed by atoms with Gasteiger partial charge in [-0.3, -0.25) is 4.98 Å². The minimum Gasteiger partial charge on any atom is -0.478 e. The highest BCUT2D eigenvalue weighted by molar-refractivity contribution is 6.38. The van der Waals surface area contributed by atoms with E-state index in [-0.39, 0.29) is 10.6 Å². The van der Waals surface area contributed by atoms with E-state index in [9.17, 15) is 4.79 Å². The lowest BCUT2D eigenvalue weighted by Gasteiger charge is -2.04. The number of carboxylic acids is 1. The molecule has 3 aromatic heterocycles. The van der Waals surface area contributed by atoms with Gasteiger partial charge in [-0.15, -0.1) is 0 Å². The first-order valence-corrected chi connectivity index (χ1v) is 6.59. The molecule has 3 heterocycles. The summed E-state index contributed by atoms with van der Waals surface area (Å²) in [5.74, 6) is -1.10. The van der Waals surface area contributed by atoms with Gasteiger partial charge in [-0.2, -0.15) is 5.10 Å². The molecule has 3 aromatic rings. The highest BCUT2D eigenvalue weighted by Crippen LogP contribution is 2.28. The number of fused-ring (bicyclic) bond motifs is 1. The Morgan fingerprint density at radius 1 is 1.43 bits per heavy atom. The van der Waals surface area contributed by atoms with Crippen molar-refractivity contribution in [3.05, 3.63) is 52.6 Å². The molecule has 0 radical (unpaired) electrons. The number of rotatable bonds is 3. The van der Waals surface area contributed by atoms with Crippen LogP contribution in [0, 0.1) is 6.92 Å². The van der Waals surface area contributed by atoms with Gasteiger partial charge in [0.25, 0.3) is 0 Å². The molecule has 0 aliphatic rings. The molecule has 0 saturated carbocycles. The zero-order chi connectivity index (χ0) is 15.0. The molecular weight excluding hydrogens is 292 g/mol. The highest BCUT2D eigenvalue weighted by atomic mass is 35.5. The van der Waals surface area contributed by atoms with Gasteiger partial charge < -0.3 is 5.11 Å². The number of aromatic nitrogens is 4. The van der Waals surface area contributed by atoms with E-state index in [0.717, 1.165) is 5.56 Å². The Balaban J connectivity index is 2.14. The van der Waals surface area contributed by atoms with Crippen molar-refractivity contribution in [1.29, 1.82) is 0 Å². The maximum Gasteiger partial charge on any atom is 0.338 e. The van der Waals surface area contributed by atoms with Crippen LogP contribution in [0.2, 0.25) is 5.02 Å². The van der Waals surface area contributed by atoms with Gasteiger partial charge in [0.05, 0.1) is 28.2 Å². The van der Waals surface area contributed by atoms with Gasteiger partial charge in [0.2, 0.25) is 0 Å². The topological polar surface area (TPSA) is 80.9 Å².